The minimum atomic E-state index is -0.373. The minimum absolute atomic E-state index is 0.0291. The van der Waals surface area contributed by atoms with Crippen LogP contribution in [0.1, 0.15) is 23.1 Å². The van der Waals surface area contributed by atoms with E-state index in [1.165, 1.54) is 0 Å². The molecule has 37 heavy (non-hydrogen) atoms. The molecule has 9 heteroatoms. The predicted octanol–water partition coefficient (Wildman–Crippen LogP) is 7.16. The summed E-state index contributed by atoms with van der Waals surface area (Å²) in [7, 11) is 0. The second-order valence-electron chi connectivity index (χ2n) is 9.02. The number of nitrogens with zero attached hydrogens (tertiary/aromatic N) is 1. The maximum atomic E-state index is 13.5. The molecule has 0 fully saturated rings. The number of hydrogen-bond acceptors (Lipinski definition) is 4. The molecule has 1 aliphatic heterocycles. The van der Waals surface area contributed by atoms with Crippen LogP contribution in [-0.2, 0) is 17.6 Å². The summed E-state index contributed by atoms with van der Waals surface area (Å²) in [5.74, 6) is 0.740. The zero-order valence-corrected chi connectivity index (χ0v) is 23.4. The Hall–Kier alpha value is -2.15. The van der Waals surface area contributed by atoms with Gasteiger partial charge in [0.1, 0.15) is 19.0 Å². The van der Waals surface area contributed by atoms with Crippen molar-refractivity contribution in [2.75, 3.05) is 31.2 Å². The molecule has 1 amide bonds. The van der Waals surface area contributed by atoms with Gasteiger partial charge < -0.3 is 20.1 Å². The standard InChI is InChI=1S/C28H28Cl4N2O3/c1-17-11-24(31)27(25(32)12-17)37-10-9-36-22-6-4-18(5-7-22)13-20(16-33)28(35)34-8-2-3-19-14-21(29)15-23(30)26(19)34/h4-7,11-12,14-15,20H,2-3,8-10,13,16,33H2,1H3. The summed E-state index contributed by atoms with van der Waals surface area (Å²) in [5.41, 5.74) is 9.74. The van der Waals surface area contributed by atoms with Crippen LogP contribution in [0.15, 0.2) is 48.5 Å². The van der Waals surface area contributed by atoms with Gasteiger partial charge in [-0.25, -0.2) is 0 Å². The predicted molar refractivity (Wildman–Crippen MR) is 152 cm³/mol. The molecule has 1 atom stereocenters. The van der Waals surface area contributed by atoms with Crippen LogP contribution in [0.2, 0.25) is 20.1 Å². The fourth-order valence-electron chi connectivity index (χ4n) is 4.50. The summed E-state index contributed by atoms with van der Waals surface area (Å²) in [6.07, 6.45) is 2.20. The average molecular weight is 582 g/mol. The molecular formula is C28H28Cl4N2O3. The maximum Gasteiger partial charge on any atom is 0.231 e. The van der Waals surface area contributed by atoms with Gasteiger partial charge in [0.2, 0.25) is 5.91 Å². The zero-order valence-electron chi connectivity index (χ0n) is 20.4. The monoisotopic (exact) mass is 580 g/mol. The minimum Gasteiger partial charge on any atom is -0.490 e. The summed E-state index contributed by atoms with van der Waals surface area (Å²) >= 11 is 25.1. The van der Waals surface area contributed by atoms with Gasteiger partial charge in [0.05, 0.1) is 26.7 Å². The lowest BCUT2D eigenvalue weighted by atomic mass is 9.95. The number of fused-ring (bicyclic) bond motifs is 1. The number of rotatable bonds is 9. The number of benzene rings is 3. The van der Waals surface area contributed by atoms with E-state index in [1.54, 1.807) is 23.1 Å². The Morgan fingerprint density at radius 2 is 1.65 bits per heavy atom. The van der Waals surface area contributed by atoms with Gasteiger partial charge in [0, 0.05) is 18.1 Å². The van der Waals surface area contributed by atoms with Gasteiger partial charge in [0.25, 0.3) is 0 Å². The Morgan fingerprint density at radius 1 is 0.973 bits per heavy atom. The van der Waals surface area contributed by atoms with Crippen LogP contribution in [-0.4, -0.2) is 32.2 Å². The lowest BCUT2D eigenvalue weighted by molar-refractivity contribution is -0.122. The van der Waals surface area contributed by atoms with Crippen molar-refractivity contribution in [1.82, 2.24) is 0 Å². The van der Waals surface area contributed by atoms with Gasteiger partial charge in [-0.15, -0.1) is 0 Å². The van der Waals surface area contributed by atoms with Crippen molar-refractivity contribution in [2.24, 2.45) is 11.7 Å². The van der Waals surface area contributed by atoms with E-state index in [9.17, 15) is 4.79 Å². The Labute approximate surface area is 237 Å². The van der Waals surface area contributed by atoms with Crippen LogP contribution >= 0.6 is 46.4 Å². The molecule has 1 unspecified atom stereocenters. The van der Waals surface area contributed by atoms with Crippen LogP contribution < -0.4 is 20.1 Å². The quantitative estimate of drug-likeness (QED) is 0.272. The highest BCUT2D eigenvalue weighted by molar-refractivity contribution is 6.37. The Balaban J connectivity index is 1.33. The first-order valence-corrected chi connectivity index (χ1v) is 13.6. The highest BCUT2D eigenvalue weighted by Crippen LogP contribution is 2.38. The number of hydrogen-bond donors (Lipinski definition) is 1. The highest BCUT2D eigenvalue weighted by atomic mass is 35.5. The molecule has 0 spiro atoms. The number of ether oxygens (including phenoxy) is 2. The van der Waals surface area contributed by atoms with Gasteiger partial charge in [-0.3, -0.25) is 4.79 Å². The molecular weight excluding hydrogens is 554 g/mol. The number of anilines is 1. The number of carbonyl (C=O) groups excluding carboxylic acids is 1. The topological polar surface area (TPSA) is 64.8 Å². The third kappa shape index (κ3) is 6.84. The SMILES string of the molecule is Cc1cc(Cl)c(OCCOc2ccc(CC(CN)C(=O)N3CCCc4cc(Cl)cc(Cl)c43)cc2)c(Cl)c1. The van der Waals surface area contributed by atoms with Crippen molar-refractivity contribution in [1.29, 1.82) is 0 Å². The fraction of sp³-hybridized carbons (Fsp3) is 0.321. The zero-order chi connectivity index (χ0) is 26.5. The third-order valence-corrected chi connectivity index (χ3v) is 7.32. The normalized spacial score (nSPS) is 13.7. The maximum absolute atomic E-state index is 13.5. The second kappa shape index (κ2) is 12.6. The van der Waals surface area contributed by atoms with E-state index in [0.29, 0.717) is 57.8 Å². The number of amides is 1. The van der Waals surface area contributed by atoms with Crippen LogP contribution in [0.5, 0.6) is 11.5 Å². The lowest BCUT2D eigenvalue weighted by Gasteiger charge is -2.33. The molecule has 0 saturated heterocycles. The second-order valence-corrected chi connectivity index (χ2v) is 10.7. The van der Waals surface area contributed by atoms with Crippen LogP contribution in [0.4, 0.5) is 5.69 Å². The smallest absolute Gasteiger partial charge is 0.231 e. The Morgan fingerprint density at radius 3 is 2.32 bits per heavy atom. The summed E-state index contributed by atoms with van der Waals surface area (Å²) in [6, 6.07) is 14.8. The molecule has 196 valence electrons. The van der Waals surface area contributed by atoms with Gasteiger partial charge in [-0.2, -0.15) is 0 Å². The molecule has 0 saturated carbocycles. The average Bonchev–Trinajstić information content (AvgIpc) is 2.86. The molecule has 0 bridgehead atoms. The first kappa shape index (κ1) is 27.9. The van der Waals surface area contributed by atoms with Crippen LogP contribution in [0, 0.1) is 12.8 Å². The molecule has 0 aromatic heterocycles. The number of carbonyl (C=O) groups is 1. The first-order chi connectivity index (χ1) is 17.8. The summed E-state index contributed by atoms with van der Waals surface area (Å²) in [5, 5.41) is 2.00. The van der Waals surface area contributed by atoms with Crippen molar-refractivity contribution in [2.45, 2.75) is 26.2 Å². The molecule has 1 heterocycles. The molecule has 1 aliphatic rings. The van der Waals surface area contributed by atoms with E-state index in [2.05, 4.69) is 0 Å². The number of nitrogens with two attached hydrogens (primary N) is 1. The molecule has 4 rings (SSSR count). The van der Waals surface area contributed by atoms with Crippen molar-refractivity contribution in [3.8, 4) is 11.5 Å². The molecule has 0 radical (unpaired) electrons. The van der Waals surface area contributed by atoms with Crippen molar-refractivity contribution >= 4 is 58.0 Å². The van der Waals surface area contributed by atoms with Gasteiger partial charge >= 0.3 is 0 Å². The number of aryl methyl sites for hydroxylation is 2. The third-order valence-electron chi connectivity index (χ3n) is 6.25. The summed E-state index contributed by atoms with van der Waals surface area (Å²) < 4.78 is 11.5. The largest absolute Gasteiger partial charge is 0.490 e. The van der Waals surface area contributed by atoms with E-state index in [-0.39, 0.29) is 18.4 Å². The molecule has 3 aromatic rings. The molecule has 3 aromatic carbocycles. The van der Waals surface area contributed by atoms with Crippen molar-refractivity contribution in [3.05, 3.63) is 85.3 Å². The van der Waals surface area contributed by atoms with E-state index in [0.717, 1.165) is 35.2 Å². The Bertz CT molecular complexity index is 1240. The van der Waals surface area contributed by atoms with E-state index in [1.807, 2.05) is 37.3 Å². The van der Waals surface area contributed by atoms with E-state index >= 15 is 0 Å². The molecule has 5 nitrogen and oxygen atoms in total. The first-order valence-electron chi connectivity index (χ1n) is 12.1. The fourth-order valence-corrected chi connectivity index (χ4v) is 5.84. The van der Waals surface area contributed by atoms with Crippen LogP contribution in [0.3, 0.4) is 0 Å². The highest BCUT2D eigenvalue weighted by Gasteiger charge is 2.30. The summed E-state index contributed by atoms with van der Waals surface area (Å²) in [4.78, 5) is 15.2. The van der Waals surface area contributed by atoms with Gasteiger partial charge in [-0.1, -0.05) is 58.5 Å². The van der Waals surface area contributed by atoms with Gasteiger partial charge in [-0.05, 0) is 79.3 Å². The van der Waals surface area contributed by atoms with Crippen molar-refractivity contribution in [3.63, 3.8) is 0 Å². The van der Waals surface area contributed by atoms with E-state index in [4.69, 9.17) is 61.6 Å². The number of halogens is 4. The molecule has 0 aliphatic carbocycles. The van der Waals surface area contributed by atoms with E-state index < -0.39 is 0 Å². The van der Waals surface area contributed by atoms with Crippen molar-refractivity contribution < 1.29 is 14.3 Å². The lowest BCUT2D eigenvalue weighted by Crippen LogP contribution is -2.43. The summed E-state index contributed by atoms with van der Waals surface area (Å²) in [6.45, 7) is 3.37. The van der Waals surface area contributed by atoms with Crippen LogP contribution in [0.25, 0.3) is 0 Å². The van der Waals surface area contributed by atoms with Gasteiger partial charge in [0.15, 0.2) is 5.75 Å². The Kier molecular flexibility index (Phi) is 9.49. The molecule has 2 N–H and O–H groups in total.